The Morgan fingerprint density at radius 1 is 1.26 bits per heavy atom. The SMILES string of the molecule is CCOC(=O)Cn1c(=NC(=O)c2ccn(CC)n2)sc2cc(OC)ccc21. The molecule has 0 N–H and O–H groups in total. The van der Waals surface area contributed by atoms with Crippen molar-refractivity contribution in [2.75, 3.05) is 13.7 Å². The van der Waals surface area contributed by atoms with E-state index in [0.717, 1.165) is 10.2 Å². The van der Waals surface area contributed by atoms with Crippen molar-refractivity contribution >= 4 is 33.4 Å². The highest BCUT2D eigenvalue weighted by Crippen LogP contribution is 2.23. The number of hydrogen-bond donors (Lipinski definition) is 0. The van der Waals surface area contributed by atoms with Crippen molar-refractivity contribution in [2.24, 2.45) is 4.99 Å². The zero-order valence-corrected chi connectivity index (χ0v) is 16.2. The van der Waals surface area contributed by atoms with Crippen LogP contribution < -0.4 is 9.54 Å². The van der Waals surface area contributed by atoms with Crippen LogP contribution in [0.15, 0.2) is 35.5 Å². The van der Waals surface area contributed by atoms with Gasteiger partial charge in [-0.25, -0.2) is 0 Å². The maximum absolute atomic E-state index is 12.5. The summed E-state index contributed by atoms with van der Waals surface area (Å²) in [5.74, 6) is -0.165. The minimum absolute atomic E-state index is 0.0321. The molecule has 142 valence electrons. The number of esters is 1. The topological polar surface area (TPSA) is 87.7 Å². The minimum atomic E-state index is -0.460. The zero-order valence-electron chi connectivity index (χ0n) is 15.3. The van der Waals surface area contributed by atoms with E-state index in [4.69, 9.17) is 9.47 Å². The molecule has 0 atom stereocenters. The first kappa shape index (κ1) is 18.8. The summed E-state index contributed by atoms with van der Waals surface area (Å²) >= 11 is 1.30. The number of hydrogen-bond acceptors (Lipinski definition) is 6. The number of carbonyl (C=O) groups excluding carboxylic acids is 2. The second-order valence-electron chi connectivity index (χ2n) is 5.58. The summed E-state index contributed by atoms with van der Waals surface area (Å²) in [6.07, 6.45) is 1.73. The molecule has 0 saturated carbocycles. The van der Waals surface area contributed by atoms with Gasteiger partial charge in [-0.15, -0.1) is 0 Å². The van der Waals surface area contributed by atoms with E-state index in [1.807, 2.05) is 19.1 Å². The van der Waals surface area contributed by atoms with E-state index in [-0.39, 0.29) is 18.8 Å². The van der Waals surface area contributed by atoms with Gasteiger partial charge in [0.15, 0.2) is 10.5 Å². The summed E-state index contributed by atoms with van der Waals surface area (Å²) in [7, 11) is 1.58. The zero-order chi connectivity index (χ0) is 19.4. The van der Waals surface area contributed by atoms with Crippen molar-refractivity contribution in [2.45, 2.75) is 26.9 Å². The van der Waals surface area contributed by atoms with Crippen molar-refractivity contribution in [3.05, 3.63) is 41.0 Å². The first-order valence-electron chi connectivity index (χ1n) is 8.51. The molecular weight excluding hydrogens is 368 g/mol. The first-order valence-corrected chi connectivity index (χ1v) is 9.32. The third-order valence-electron chi connectivity index (χ3n) is 3.86. The lowest BCUT2D eigenvalue weighted by Crippen LogP contribution is -2.23. The lowest BCUT2D eigenvalue weighted by atomic mass is 10.3. The molecule has 0 spiro atoms. The van der Waals surface area contributed by atoms with Crippen molar-refractivity contribution in [1.29, 1.82) is 0 Å². The van der Waals surface area contributed by atoms with Gasteiger partial charge >= 0.3 is 5.97 Å². The largest absolute Gasteiger partial charge is 0.497 e. The van der Waals surface area contributed by atoms with Crippen LogP contribution in [-0.4, -0.2) is 39.9 Å². The van der Waals surface area contributed by atoms with Crippen LogP contribution in [-0.2, 0) is 22.6 Å². The standard InChI is InChI=1S/C18H20N4O4S/c1-4-21-9-8-13(20-21)17(24)19-18-22(11-16(23)26-5-2)14-7-6-12(25-3)10-15(14)27-18/h6-10H,4-5,11H2,1-3H3. The Labute approximate surface area is 159 Å². The van der Waals surface area contributed by atoms with Crippen LogP contribution in [0.25, 0.3) is 10.2 Å². The van der Waals surface area contributed by atoms with Crippen LogP contribution in [0.2, 0.25) is 0 Å². The summed E-state index contributed by atoms with van der Waals surface area (Å²) in [6, 6.07) is 7.10. The molecule has 0 aliphatic rings. The molecule has 8 nitrogen and oxygen atoms in total. The van der Waals surface area contributed by atoms with Gasteiger partial charge in [0.2, 0.25) is 0 Å². The fourth-order valence-electron chi connectivity index (χ4n) is 2.55. The number of nitrogens with zero attached hydrogens (tertiary/aromatic N) is 4. The molecule has 0 aliphatic carbocycles. The van der Waals surface area contributed by atoms with Gasteiger partial charge in [-0.3, -0.25) is 14.3 Å². The molecule has 2 heterocycles. The fourth-order valence-corrected chi connectivity index (χ4v) is 3.61. The number of amides is 1. The highest BCUT2D eigenvalue weighted by Gasteiger charge is 2.14. The first-order chi connectivity index (χ1) is 13.0. The Kier molecular flexibility index (Phi) is 5.70. The summed E-state index contributed by atoms with van der Waals surface area (Å²) in [5.41, 5.74) is 1.04. The van der Waals surface area contributed by atoms with Crippen molar-refractivity contribution in [1.82, 2.24) is 14.3 Å². The van der Waals surface area contributed by atoms with Crippen molar-refractivity contribution in [3.63, 3.8) is 0 Å². The third-order valence-corrected chi connectivity index (χ3v) is 4.90. The molecule has 9 heteroatoms. The highest BCUT2D eigenvalue weighted by atomic mass is 32.1. The molecule has 27 heavy (non-hydrogen) atoms. The van der Waals surface area contributed by atoms with E-state index in [0.29, 0.717) is 17.1 Å². The Hall–Kier alpha value is -2.94. The fraction of sp³-hybridized carbons (Fsp3) is 0.333. The monoisotopic (exact) mass is 388 g/mol. The molecule has 0 fully saturated rings. The van der Waals surface area contributed by atoms with E-state index >= 15 is 0 Å². The Morgan fingerprint density at radius 2 is 2.07 bits per heavy atom. The van der Waals surface area contributed by atoms with Crippen LogP contribution in [0.3, 0.4) is 0 Å². The number of aryl methyl sites for hydroxylation is 1. The van der Waals surface area contributed by atoms with Gasteiger partial charge < -0.3 is 14.0 Å². The minimum Gasteiger partial charge on any atom is -0.497 e. The van der Waals surface area contributed by atoms with E-state index in [1.165, 1.54) is 11.3 Å². The molecule has 1 aromatic carbocycles. The molecule has 0 aliphatic heterocycles. The maximum Gasteiger partial charge on any atom is 0.326 e. The quantitative estimate of drug-likeness (QED) is 0.604. The van der Waals surface area contributed by atoms with E-state index in [9.17, 15) is 9.59 Å². The lowest BCUT2D eigenvalue weighted by molar-refractivity contribution is -0.143. The normalized spacial score (nSPS) is 11.7. The summed E-state index contributed by atoms with van der Waals surface area (Å²) in [6.45, 7) is 4.60. The molecule has 0 unspecified atom stereocenters. The number of methoxy groups -OCH3 is 1. The van der Waals surface area contributed by atoms with Crippen LogP contribution in [0.5, 0.6) is 5.75 Å². The molecule has 3 aromatic rings. The van der Waals surface area contributed by atoms with Crippen LogP contribution in [0, 0.1) is 0 Å². The number of rotatable bonds is 6. The van der Waals surface area contributed by atoms with Crippen LogP contribution in [0.4, 0.5) is 0 Å². The van der Waals surface area contributed by atoms with Gasteiger partial charge in [-0.05, 0) is 38.1 Å². The number of carbonyl (C=O) groups is 2. The third kappa shape index (κ3) is 4.08. The van der Waals surface area contributed by atoms with Gasteiger partial charge in [0.25, 0.3) is 5.91 Å². The summed E-state index contributed by atoms with van der Waals surface area (Å²) in [5, 5.41) is 4.18. The Morgan fingerprint density at radius 3 is 2.74 bits per heavy atom. The molecule has 3 rings (SSSR count). The number of thiazole rings is 1. The summed E-state index contributed by atoms with van der Waals surface area (Å²) < 4.78 is 14.5. The van der Waals surface area contributed by atoms with E-state index in [2.05, 4.69) is 10.1 Å². The Balaban J connectivity index is 2.08. The second kappa shape index (κ2) is 8.17. The number of aromatic nitrogens is 3. The number of fused-ring (bicyclic) bond motifs is 1. The maximum atomic E-state index is 12.5. The molecule has 0 saturated heterocycles. The number of benzene rings is 1. The highest BCUT2D eigenvalue weighted by molar-refractivity contribution is 7.16. The molecule has 1 amide bonds. The average Bonchev–Trinajstić information content (AvgIpc) is 3.27. The smallest absolute Gasteiger partial charge is 0.326 e. The summed E-state index contributed by atoms with van der Waals surface area (Å²) in [4.78, 5) is 29.1. The van der Waals surface area contributed by atoms with Crippen LogP contribution in [0.1, 0.15) is 24.3 Å². The van der Waals surface area contributed by atoms with Crippen molar-refractivity contribution in [3.8, 4) is 5.75 Å². The molecule has 0 radical (unpaired) electrons. The van der Waals surface area contributed by atoms with Gasteiger partial charge in [-0.2, -0.15) is 10.1 Å². The molecular formula is C18H20N4O4S. The second-order valence-corrected chi connectivity index (χ2v) is 6.59. The molecule has 2 aromatic heterocycles. The average molecular weight is 388 g/mol. The predicted octanol–water partition coefficient (Wildman–Crippen LogP) is 2.23. The van der Waals surface area contributed by atoms with Gasteiger partial charge in [0, 0.05) is 12.7 Å². The van der Waals surface area contributed by atoms with E-state index in [1.54, 1.807) is 41.6 Å². The van der Waals surface area contributed by atoms with Gasteiger partial charge in [0.1, 0.15) is 12.3 Å². The number of ether oxygens (including phenoxy) is 2. The van der Waals surface area contributed by atoms with Gasteiger partial charge in [-0.1, -0.05) is 11.3 Å². The lowest BCUT2D eigenvalue weighted by Gasteiger charge is -2.05. The van der Waals surface area contributed by atoms with Gasteiger partial charge in [0.05, 0.1) is 23.9 Å². The predicted molar refractivity (Wildman–Crippen MR) is 101 cm³/mol. The van der Waals surface area contributed by atoms with Crippen LogP contribution >= 0.6 is 11.3 Å². The Bertz CT molecular complexity index is 1050. The molecule has 0 bridgehead atoms. The van der Waals surface area contributed by atoms with Crippen molar-refractivity contribution < 1.29 is 19.1 Å². The van der Waals surface area contributed by atoms with E-state index < -0.39 is 11.9 Å².